The Labute approximate surface area is 237 Å². The van der Waals surface area contributed by atoms with Crippen molar-refractivity contribution in [1.82, 2.24) is 0 Å². The van der Waals surface area contributed by atoms with Gasteiger partial charge in [0.1, 0.15) is 0 Å². The SMILES string of the molecule is C=C1C(=CC=C2CCC[C@]3(C)C(CC)=CC[C@@H]23)C[C@@](O)(O[Si](C)(C)C(C)(C)C)CC1O[Si](C)(C)C(C)(C)C. The number of allylic oxidation sites excluding steroid dienone is 5. The summed E-state index contributed by atoms with van der Waals surface area (Å²) in [5.41, 5.74) is 5.61. The van der Waals surface area contributed by atoms with Crippen LogP contribution in [0.1, 0.15) is 100 Å². The predicted octanol–water partition coefficient (Wildman–Crippen LogP) is 9.84. The highest BCUT2D eigenvalue weighted by molar-refractivity contribution is 6.74. The minimum absolute atomic E-state index is 0.0117. The first-order valence-corrected chi connectivity index (χ1v) is 20.9. The summed E-state index contributed by atoms with van der Waals surface area (Å²) in [6, 6.07) is 0. The molecule has 2 saturated carbocycles. The molecule has 0 aliphatic heterocycles. The molecule has 1 unspecified atom stereocenters. The Balaban J connectivity index is 1.98. The van der Waals surface area contributed by atoms with E-state index in [1.807, 2.05) is 0 Å². The van der Waals surface area contributed by atoms with Crippen LogP contribution >= 0.6 is 0 Å². The quantitative estimate of drug-likeness (QED) is 0.200. The maximum atomic E-state index is 12.1. The van der Waals surface area contributed by atoms with Gasteiger partial charge in [0.25, 0.3) is 0 Å². The highest BCUT2D eigenvalue weighted by Crippen LogP contribution is 2.55. The molecule has 216 valence electrons. The minimum atomic E-state index is -2.21. The monoisotopic (exact) mass is 558 g/mol. The molecule has 3 nitrogen and oxygen atoms in total. The highest BCUT2D eigenvalue weighted by atomic mass is 28.4. The summed E-state index contributed by atoms with van der Waals surface area (Å²) in [7, 11) is -4.29. The highest BCUT2D eigenvalue weighted by Gasteiger charge is 2.50. The summed E-state index contributed by atoms with van der Waals surface area (Å²) < 4.78 is 13.7. The summed E-state index contributed by atoms with van der Waals surface area (Å²) in [4.78, 5) is 0. The molecule has 2 fully saturated rings. The zero-order valence-corrected chi connectivity index (χ0v) is 28.8. The molecule has 0 aromatic rings. The van der Waals surface area contributed by atoms with Crippen LogP contribution in [0, 0.1) is 11.3 Å². The van der Waals surface area contributed by atoms with Gasteiger partial charge < -0.3 is 14.0 Å². The summed E-state index contributed by atoms with van der Waals surface area (Å²) in [6.45, 7) is 31.9. The fourth-order valence-electron chi connectivity index (χ4n) is 6.28. The molecule has 0 amide bonds. The smallest absolute Gasteiger partial charge is 0.195 e. The summed E-state index contributed by atoms with van der Waals surface area (Å²) in [5, 5.41) is 12.1. The van der Waals surface area contributed by atoms with Crippen molar-refractivity contribution in [2.45, 2.75) is 148 Å². The van der Waals surface area contributed by atoms with E-state index in [9.17, 15) is 5.11 Å². The van der Waals surface area contributed by atoms with E-state index in [0.29, 0.717) is 24.2 Å². The first kappa shape index (κ1) is 31.8. The van der Waals surface area contributed by atoms with Crippen molar-refractivity contribution in [1.29, 1.82) is 0 Å². The van der Waals surface area contributed by atoms with Gasteiger partial charge in [-0.15, -0.1) is 0 Å². The molecule has 5 heteroatoms. The van der Waals surface area contributed by atoms with E-state index < -0.39 is 22.4 Å². The maximum absolute atomic E-state index is 12.1. The van der Waals surface area contributed by atoms with Crippen molar-refractivity contribution in [2.75, 3.05) is 0 Å². The zero-order valence-electron chi connectivity index (χ0n) is 26.8. The Kier molecular flexibility index (Phi) is 8.86. The molecule has 0 radical (unpaired) electrons. The summed E-state index contributed by atoms with van der Waals surface area (Å²) in [6.07, 6.45) is 13.8. The molecule has 0 aromatic carbocycles. The normalized spacial score (nSPS) is 33.6. The van der Waals surface area contributed by atoms with Crippen LogP contribution in [0.3, 0.4) is 0 Å². The van der Waals surface area contributed by atoms with Crippen LogP contribution in [0.4, 0.5) is 0 Å². The lowest BCUT2D eigenvalue weighted by molar-refractivity contribution is -0.168. The fourth-order valence-corrected chi connectivity index (χ4v) is 8.98. The lowest BCUT2D eigenvalue weighted by Crippen LogP contribution is -2.55. The summed E-state index contributed by atoms with van der Waals surface area (Å²) in [5.74, 6) is -0.644. The van der Waals surface area contributed by atoms with Gasteiger partial charge in [-0.3, -0.25) is 0 Å². The molecule has 0 aromatic heterocycles. The molecule has 3 rings (SSSR count). The number of fused-ring (bicyclic) bond motifs is 1. The fraction of sp³-hybridized carbons (Fsp3) is 0.758. The predicted molar refractivity (Wildman–Crippen MR) is 168 cm³/mol. The third-order valence-corrected chi connectivity index (χ3v) is 19.8. The molecule has 0 spiro atoms. The van der Waals surface area contributed by atoms with E-state index in [1.165, 1.54) is 12.8 Å². The van der Waals surface area contributed by atoms with Gasteiger partial charge in [-0.2, -0.15) is 0 Å². The first-order chi connectivity index (χ1) is 17.2. The second-order valence-corrected chi connectivity index (χ2v) is 25.1. The van der Waals surface area contributed by atoms with Crippen molar-refractivity contribution < 1.29 is 14.0 Å². The van der Waals surface area contributed by atoms with Crippen LogP contribution in [0.2, 0.25) is 36.3 Å². The van der Waals surface area contributed by atoms with Crippen molar-refractivity contribution >= 4 is 16.6 Å². The topological polar surface area (TPSA) is 38.7 Å². The molecule has 0 saturated heterocycles. The molecular formula is C33H58O3Si2. The molecular weight excluding hydrogens is 501 g/mol. The Morgan fingerprint density at radius 1 is 1.05 bits per heavy atom. The van der Waals surface area contributed by atoms with E-state index >= 15 is 0 Å². The average Bonchev–Trinajstić information content (AvgIpc) is 3.09. The summed E-state index contributed by atoms with van der Waals surface area (Å²) >= 11 is 0. The van der Waals surface area contributed by atoms with Crippen molar-refractivity contribution in [3.05, 3.63) is 47.1 Å². The standard InChI is InChI=1S/C33H58O3Si2/c1-14-27-19-20-28-25(16-15-21-32(27,28)9)17-18-26-22-33(34,36-38(12,13)31(6,7)8)23-29(24(26)2)35-37(10,11)30(3,4)5/h17-19,28-29,34H,2,14-16,20-23H2,1,3-13H3/t28-,29?,32+,33+/m0/s1. The van der Waals surface area contributed by atoms with E-state index in [0.717, 1.165) is 30.4 Å². The lowest BCUT2D eigenvalue weighted by atomic mass is 9.64. The minimum Gasteiger partial charge on any atom is -0.410 e. The van der Waals surface area contributed by atoms with E-state index in [2.05, 4.69) is 106 Å². The largest absolute Gasteiger partial charge is 0.410 e. The molecule has 4 atom stereocenters. The van der Waals surface area contributed by atoms with E-state index in [1.54, 1.807) is 11.1 Å². The third kappa shape index (κ3) is 6.27. The van der Waals surface area contributed by atoms with Crippen LogP contribution < -0.4 is 0 Å². The number of rotatable bonds is 6. The van der Waals surface area contributed by atoms with E-state index in [4.69, 9.17) is 8.85 Å². The van der Waals surface area contributed by atoms with Gasteiger partial charge in [0.15, 0.2) is 22.4 Å². The molecule has 3 aliphatic carbocycles. The van der Waals surface area contributed by atoms with Crippen LogP contribution in [-0.4, -0.2) is 33.6 Å². The van der Waals surface area contributed by atoms with Gasteiger partial charge in [0.2, 0.25) is 0 Å². The van der Waals surface area contributed by atoms with Crippen molar-refractivity contribution in [3.8, 4) is 0 Å². The Bertz CT molecular complexity index is 1000. The Hall–Kier alpha value is -0.726. The third-order valence-electron chi connectivity index (χ3n) is 10.9. The maximum Gasteiger partial charge on any atom is 0.195 e. The van der Waals surface area contributed by atoms with Crippen LogP contribution in [0.25, 0.3) is 0 Å². The Morgan fingerprint density at radius 2 is 1.66 bits per heavy atom. The average molecular weight is 559 g/mol. The molecule has 3 aliphatic rings. The van der Waals surface area contributed by atoms with Crippen molar-refractivity contribution in [3.63, 3.8) is 0 Å². The van der Waals surface area contributed by atoms with Gasteiger partial charge in [0, 0.05) is 12.8 Å². The zero-order chi connectivity index (χ0) is 28.9. The van der Waals surface area contributed by atoms with Gasteiger partial charge in [-0.05, 0) is 90.8 Å². The molecule has 0 bridgehead atoms. The second-order valence-electron chi connectivity index (χ2n) is 15.7. The van der Waals surface area contributed by atoms with Crippen LogP contribution in [0.5, 0.6) is 0 Å². The number of aliphatic hydroxyl groups is 1. The van der Waals surface area contributed by atoms with Gasteiger partial charge in [-0.25, -0.2) is 0 Å². The van der Waals surface area contributed by atoms with Gasteiger partial charge in [0.05, 0.1) is 6.10 Å². The second kappa shape index (κ2) is 10.6. The first-order valence-electron chi connectivity index (χ1n) is 15.0. The number of hydrogen-bond donors (Lipinski definition) is 1. The van der Waals surface area contributed by atoms with E-state index in [-0.39, 0.29) is 16.2 Å². The lowest BCUT2D eigenvalue weighted by Gasteiger charge is -2.49. The van der Waals surface area contributed by atoms with Gasteiger partial charge >= 0.3 is 0 Å². The molecule has 1 N–H and O–H groups in total. The Morgan fingerprint density at radius 3 is 2.21 bits per heavy atom. The van der Waals surface area contributed by atoms with Gasteiger partial charge in [-0.1, -0.05) is 91.3 Å². The van der Waals surface area contributed by atoms with Crippen molar-refractivity contribution in [2.24, 2.45) is 11.3 Å². The molecule has 38 heavy (non-hydrogen) atoms. The van der Waals surface area contributed by atoms with Crippen LogP contribution in [-0.2, 0) is 8.85 Å². The molecule has 0 heterocycles. The van der Waals surface area contributed by atoms with Crippen LogP contribution in [0.15, 0.2) is 47.1 Å². The number of hydrogen-bond acceptors (Lipinski definition) is 3.